The van der Waals surface area contributed by atoms with Gasteiger partial charge in [-0.25, -0.2) is 0 Å². The highest BCUT2D eigenvalue weighted by atomic mass is 32.2. The van der Waals surface area contributed by atoms with Gasteiger partial charge in [0, 0.05) is 18.3 Å². The van der Waals surface area contributed by atoms with Crippen molar-refractivity contribution in [1.82, 2.24) is 9.29 Å². The molecule has 0 aliphatic carbocycles. The molecule has 2 heterocycles. The van der Waals surface area contributed by atoms with Crippen LogP contribution >= 0.6 is 0 Å². The number of anilines is 1. The van der Waals surface area contributed by atoms with E-state index in [-0.39, 0.29) is 11.7 Å². The zero-order valence-electron chi connectivity index (χ0n) is 10.4. The summed E-state index contributed by atoms with van der Waals surface area (Å²) in [4.78, 5) is 14.2. The Hall–Kier alpha value is -1.34. The number of pyridine rings is 1. The molecule has 100 valence electrons. The molecule has 0 saturated carbocycles. The van der Waals surface area contributed by atoms with Gasteiger partial charge in [0.15, 0.2) is 0 Å². The topological polar surface area (TPSA) is 82.3 Å². The SMILES string of the molecule is Cc1ccc(NS(=O)(=O)N2CCCC2C)c(=O)[nH]1. The van der Waals surface area contributed by atoms with Crippen molar-refractivity contribution in [3.05, 3.63) is 28.2 Å². The molecular formula is C11H17N3O3S. The smallest absolute Gasteiger partial charge is 0.302 e. The molecule has 7 heteroatoms. The molecule has 1 saturated heterocycles. The number of aromatic amines is 1. The van der Waals surface area contributed by atoms with Crippen LogP contribution in [0.3, 0.4) is 0 Å². The van der Waals surface area contributed by atoms with Gasteiger partial charge in [-0.1, -0.05) is 0 Å². The number of aromatic nitrogens is 1. The monoisotopic (exact) mass is 271 g/mol. The van der Waals surface area contributed by atoms with Crippen LogP contribution in [0.5, 0.6) is 0 Å². The van der Waals surface area contributed by atoms with E-state index in [0.717, 1.165) is 12.8 Å². The summed E-state index contributed by atoms with van der Waals surface area (Å²) in [5, 5.41) is 0. The second-order valence-corrected chi connectivity index (χ2v) is 6.22. The van der Waals surface area contributed by atoms with Gasteiger partial charge < -0.3 is 4.98 Å². The minimum Gasteiger partial charge on any atom is -0.325 e. The highest BCUT2D eigenvalue weighted by molar-refractivity contribution is 7.90. The first-order valence-electron chi connectivity index (χ1n) is 5.89. The van der Waals surface area contributed by atoms with Crippen LogP contribution in [-0.2, 0) is 10.2 Å². The van der Waals surface area contributed by atoms with Crippen LogP contribution in [0.2, 0.25) is 0 Å². The number of H-pyrrole nitrogens is 1. The molecule has 0 bridgehead atoms. The van der Waals surface area contributed by atoms with Gasteiger partial charge in [-0.15, -0.1) is 0 Å². The van der Waals surface area contributed by atoms with Gasteiger partial charge in [0.05, 0.1) is 0 Å². The van der Waals surface area contributed by atoms with Crippen molar-refractivity contribution in [3.8, 4) is 0 Å². The van der Waals surface area contributed by atoms with Crippen molar-refractivity contribution < 1.29 is 8.42 Å². The predicted molar refractivity (Wildman–Crippen MR) is 69.7 cm³/mol. The number of rotatable bonds is 3. The van der Waals surface area contributed by atoms with E-state index in [4.69, 9.17) is 0 Å². The fourth-order valence-electron chi connectivity index (χ4n) is 2.11. The average molecular weight is 271 g/mol. The van der Waals surface area contributed by atoms with E-state index in [1.54, 1.807) is 13.0 Å². The number of hydrogen-bond donors (Lipinski definition) is 2. The molecule has 18 heavy (non-hydrogen) atoms. The van der Waals surface area contributed by atoms with Crippen LogP contribution in [-0.4, -0.2) is 30.3 Å². The maximum atomic E-state index is 12.1. The second-order valence-electron chi connectivity index (χ2n) is 4.59. The van der Waals surface area contributed by atoms with Gasteiger partial charge in [0.1, 0.15) is 5.69 Å². The van der Waals surface area contributed by atoms with Crippen LogP contribution in [0.15, 0.2) is 16.9 Å². The molecule has 2 N–H and O–H groups in total. The van der Waals surface area contributed by atoms with E-state index in [1.807, 2.05) is 6.92 Å². The maximum absolute atomic E-state index is 12.1. The van der Waals surface area contributed by atoms with Crippen molar-refractivity contribution in [2.24, 2.45) is 0 Å². The van der Waals surface area contributed by atoms with Crippen LogP contribution in [0, 0.1) is 6.92 Å². The number of aryl methyl sites for hydroxylation is 1. The Morgan fingerprint density at radius 1 is 1.44 bits per heavy atom. The fraction of sp³-hybridized carbons (Fsp3) is 0.545. The minimum atomic E-state index is -3.63. The Balaban J connectivity index is 2.25. The molecule has 0 amide bonds. The summed E-state index contributed by atoms with van der Waals surface area (Å²) in [7, 11) is -3.63. The van der Waals surface area contributed by atoms with Crippen molar-refractivity contribution in [2.45, 2.75) is 32.7 Å². The standard InChI is InChI=1S/C11H17N3O3S/c1-8-5-6-10(11(15)12-8)13-18(16,17)14-7-3-4-9(14)2/h5-6,9,13H,3-4,7H2,1-2H3,(H,12,15). The third-order valence-corrected chi connectivity index (χ3v) is 4.73. The molecule has 0 spiro atoms. The normalized spacial score (nSPS) is 21.1. The zero-order chi connectivity index (χ0) is 13.3. The first-order chi connectivity index (χ1) is 8.40. The molecule has 0 radical (unpaired) electrons. The molecule has 1 atom stereocenters. The lowest BCUT2D eigenvalue weighted by molar-refractivity contribution is 0.412. The lowest BCUT2D eigenvalue weighted by Gasteiger charge is -2.21. The van der Waals surface area contributed by atoms with Gasteiger partial charge in [-0.3, -0.25) is 9.52 Å². The van der Waals surface area contributed by atoms with Crippen molar-refractivity contribution in [3.63, 3.8) is 0 Å². The molecule has 1 aliphatic rings. The molecular weight excluding hydrogens is 254 g/mol. The maximum Gasteiger partial charge on any atom is 0.302 e. The molecule has 2 rings (SSSR count). The van der Waals surface area contributed by atoms with Crippen molar-refractivity contribution >= 4 is 15.9 Å². The van der Waals surface area contributed by atoms with Crippen molar-refractivity contribution in [1.29, 1.82) is 0 Å². The highest BCUT2D eigenvalue weighted by Crippen LogP contribution is 2.21. The summed E-state index contributed by atoms with van der Waals surface area (Å²) in [6.45, 7) is 4.11. The Labute approximate surface area is 106 Å². The zero-order valence-corrected chi connectivity index (χ0v) is 11.3. The summed E-state index contributed by atoms with van der Waals surface area (Å²) >= 11 is 0. The van der Waals surface area contributed by atoms with E-state index in [9.17, 15) is 13.2 Å². The molecule has 0 aromatic carbocycles. The third kappa shape index (κ3) is 2.56. The molecule has 1 aromatic rings. The number of hydrogen-bond acceptors (Lipinski definition) is 3. The largest absolute Gasteiger partial charge is 0.325 e. The quantitative estimate of drug-likeness (QED) is 0.854. The summed E-state index contributed by atoms with van der Waals surface area (Å²) in [6, 6.07) is 3.12. The molecule has 1 fully saturated rings. The molecule has 1 unspecified atom stereocenters. The highest BCUT2D eigenvalue weighted by Gasteiger charge is 2.31. The first-order valence-corrected chi connectivity index (χ1v) is 7.33. The average Bonchev–Trinajstić information content (AvgIpc) is 2.69. The Kier molecular flexibility index (Phi) is 3.45. The summed E-state index contributed by atoms with van der Waals surface area (Å²) in [5.41, 5.74) is 0.322. The van der Waals surface area contributed by atoms with Crippen LogP contribution in [0.1, 0.15) is 25.5 Å². The number of nitrogens with one attached hydrogen (secondary N) is 2. The van der Waals surface area contributed by atoms with Crippen LogP contribution < -0.4 is 10.3 Å². The fourth-order valence-corrected chi connectivity index (χ4v) is 3.62. The van der Waals surface area contributed by atoms with E-state index in [1.165, 1.54) is 10.4 Å². The minimum absolute atomic E-state index is 0.0213. The molecule has 6 nitrogen and oxygen atoms in total. The Morgan fingerprint density at radius 2 is 2.17 bits per heavy atom. The van der Waals surface area contributed by atoms with Gasteiger partial charge in [0.2, 0.25) is 0 Å². The molecule has 1 aliphatic heterocycles. The Morgan fingerprint density at radius 3 is 2.72 bits per heavy atom. The summed E-state index contributed by atoms with van der Waals surface area (Å²) < 4.78 is 28.0. The molecule has 1 aromatic heterocycles. The van der Waals surface area contributed by atoms with E-state index >= 15 is 0 Å². The lowest BCUT2D eigenvalue weighted by Crippen LogP contribution is -2.39. The van der Waals surface area contributed by atoms with Crippen LogP contribution in [0.25, 0.3) is 0 Å². The Bertz CT molecular complexity index is 594. The van der Waals surface area contributed by atoms with Gasteiger partial charge >= 0.3 is 10.2 Å². The lowest BCUT2D eigenvalue weighted by atomic mass is 10.3. The van der Waals surface area contributed by atoms with E-state index in [2.05, 4.69) is 9.71 Å². The van der Waals surface area contributed by atoms with E-state index < -0.39 is 15.8 Å². The predicted octanol–water partition coefficient (Wildman–Crippen LogP) is 0.824. The van der Waals surface area contributed by atoms with Gasteiger partial charge in [0.25, 0.3) is 5.56 Å². The summed E-state index contributed by atoms with van der Waals surface area (Å²) in [6.07, 6.45) is 1.71. The summed E-state index contributed by atoms with van der Waals surface area (Å²) in [5.74, 6) is 0. The third-order valence-electron chi connectivity index (χ3n) is 3.10. The van der Waals surface area contributed by atoms with Crippen molar-refractivity contribution in [2.75, 3.05) is 11.3 Å². The second kappa shape index (κ2) is 4.74. The van der Waals surface area contributed by atoms with Crippen LogP contribution in [0.4, 0.5) is 5.69 Å². The van der Waals surface area contributed by atoms with Gasteiger partial charge in [-0.05, 0) is 38.8 Å². The van der Waals surface area contributed by atoms with E-state index in [0.29, 0.717) is 12.2 Å². The number of nitrogens with zero attached hydrogens (tertiary/aromatic N) is 1. The van der Waals surface area contributed by atoms with Gasteiger partial charge in [-0.2, -0.15) is 12.7 Å². The first kappa shape index (κ1) is 13.1.